The van der Waals surface area contributed by atoms with E-state index in [1.54, 1.807) is 18.3 Å². The fourth-order valence-electron chi connectivity index (χ4n) is 2.91. The summed E-state index contributed by atoms with van der Waals surface area (Å²) in [5.74, 6) is 0.0361. The third-order valence-electron chi connectivity index (χ3n) is 4.02. The van der Waals surface area contributed by atoms with Crippen LogP contribution in [0.5, 0.6) is 0 Å². The van der Waals surface area contributed by atoms with Crippen LogP contribution >= 0.6 is 11.3 Å². The summed E-state index contributed by atoms with van der Waals surface area (Å²) in [4.78, 5) is 15.1. The van der Waals surface area contributed by atoms with Gasteiger partial charge in [-0.25, -0.2) is 0 Å². The highest BCUT2D eigenvalue weighted by atomic mass is 32.1. The molecule has 3 rings (SSSR count). The van der Waals surface area contributed by atoms with Crippen molar-refractivity contribution >= 4 is 17.2 Å². The summed E-state index contributed by atoms with van der Waals surface area (Å²) >= 11 is 1.76. The molecule has 0 radical (unpaired) electrons. The van der Waals surface area contributed by atoms with E-state index in [4.69, 9.17) is 0 Å². The maximum Gasteiger partial charge on any atom is 0.216 e. The molecule has 0 saturated carbocycles. The van der Waals surface area contributed by atoms with Gasteiger partial charge in [-0.05, 0) is 29.0 Å². The van der Waals surface area contributed by atoms with Crippen LogP contribution in [0.1, 0.15) is 29.0 Å². The van der Waals surface area contributed by atoms with Crippen molar-refractivity contribution < 1.29 is 4.79 Å². The molecule has 0 bridgehead atoms. The second kappa shape index (κ2) is 6.41. The number of carbonyl (C=O) groups is 1. The third kappa shape index (κ3) is 3.34. The van der Waals surface area contributed by atoms with E-state index >= 15 is 0 Å². The van der Waals surface area contributed by atoms with Crippen molar-refractivity contribution in [1.29, 1.82) is 0 Å². The number of nitrogens with zero attached hydrogens (tertiary/aromatic N) is 1. The first kappa shape index (κ1) is 14.3. The number of nitrogens with one attached hydrogen (secondary N) is 1. The van der Waals surface area contributed by atoms with Gasteiger partial charge in [-0.2, -0.15) is 0 Å². The van der Waals surface area contributed by atoms with E-state index in [1.807, 2.05) is 0 Å². The van der Waals surface area contributed by atoms with Gasteiger partial charge >= 0.3 is 0 Å². The number of fused-ring (bicyclic) bond motifs is 1. The molecule has 1 unspecified atom stereocenters. The van der Waals surface area contributed by atoms with Gasteiger partial charge in [0.25, 0.3) is 0 Å². The van der Waals surface area contributed by atoms with Gasteiger partial charge in [0.2, 0.25) is 5.91 Å². The average molecular weight is 300 g/mol. The molecule has 2 aromatic rings. The number of carbonyl (C=O) groups excluding carboxylic acids is 1. The Bertz CT molecular complexity index is 609. The molecule has 4 heteroatoms. The van der Waals surface area contributed by atoms with E-state index in [-0.39, 0.29) is 11.9 Å². The summed E-state index contributed by atoms with van der Waals surface area (Å²) in [6, 6.07) is 13.2. The van der Waals surface area contributed by atoms with Crippen molar-refractivity contribution in [2.24, 2.45) is 0 Å². The normalized spacial score (nSPS) is 16.2. The number of hydrogen-bond donors (Lipinski definition) is 1. The summed E-state index contributed by atoms with van der Waals surface area (Å²) in [5, 5.41) is 5.09. The predicted molar refractivity (Wildman–Crippen MR) is 86.3 cm³/mol. The lowest BCUT2D eigenvalue weighted by molar-refractivity contribution is -0.119. The van der Waals surface area contributed by atoms with E-state index in [0.717, 1.165) is 19.5 Å². The van der Waals surface area contributed by atoms with Crippen LogP contribution in [-0.4, -0.2) is 23.9 Å². The van der Waals surface area contributed by atoms with E-state index in [0.29, 0.717) is 6.54 Å². The highest BCUT2D eigenvalue weighted by Crippen LogP contribution is 2.29. The molecule has 1 amide bonds. The molecule has 21 heavy (non-hydrogen) atoms. The van der Waals surface area contributed by atoms with E-state index in [1.165, 1.54) is 16.0 Å². The minimum atomic E-state index is 0.0361. The summed E-state index contributed by atoms with van der Waals surface area (Å²) in [7, 11) is 0. The number of hydrogen-bond acceptors (Lipinski definition) is 3. The van der Waals surface area contributed by atoms with E-state index < -0.39 is 0 Å². The molecule has 0 aliphatic carbocycles. The highest BCUT2D eigenvalue weighted by molar-refractivity contribution is 7.10. The quantitative estimate of drug-likeness (QED) is 0.941. The first-order valence-corrected chi connectivity index (χ1v) is 8.20. The van der Waals surface area contributed by atoms with Crippen molar-refractivity contribution in [1.82, 2.24) is 10.2 Å². The molecule has 1 aromatic heterocycles. The van der Waals surface area contributed by atoms with Gasteiger partial charge in [0.05, 0.1) is 6.04 Å². The molecule has 0 fully saturated rings. The predicted octanol–water partition coefficient (Wildman–Crippen LogP) is 2.98. The maximum absolute atomic E-state index is 11.3. The highest BCUT2D eigenvalue weighted by Gasteiger charge is 2.25. The molecule has 1 aliphatic heterocycles. The van der Waals surface area contributed by atoms with Gasteiger partial charge in [-0.15, -0.1) is 11.3 Å². The lowest BCUT2D eigenvalue weighted by atomic mass is 9.98. The lowest BCUT2D eigenvalue weighted by Crippen LogP contribution is -2.39. The van der Waals surface area contributed by atoms with Gasteiger partial charge in [0, 0.05) is 31.4 Å². The van der Waals surface area contributed by atoms with Crippen LogP contribution in [0.4, 0.5) is 0 Å². The van der Waals surface area contributed by atoms with Crippen molar-refractivity contribution in [3.8, 4) is 0 Å². The van der Waals surface area contributed by atoms with Crippen LogP contribution < -0.4 is 5.32 Å². The second-order valence-electron chi connectivity index (χ2n) is 5.46. The topological polar surface area (TPSA) is 32.3 Å². The molecular formula is C17H20N2OS. The maximum atomic E-state index is 11.3. The fourth-order valence-corrected chi connectivity index (χ4v) is 3.78. The molecule has 1 aliphatic rings. The van der Waals surface area contributed by atoms with E-state index in [2.05, 4.69) is 52.0 Å². The van der Waals surface area contributed by atoms with Crippen LogP contribution in [0.15, 0.2) is 41.8 Å². The van der Waals surface area contributed by atoms with Gasteiger partial charge in [0.1, 0.15) is 0 Å². The van der Waals surface area contributed by atoms with Crippen LogP contribution in [-0.2, 0) is 17.8 Å². The SMILES string of the molecule is CC(=O)NCC(c1cccs1)N1CCc2ccccc2C1. The van der Waals surface area contributed by atoms with Crippen LogP contribution in [0.2, 0.25) is 0 Å². The first-order valence-electron chi connectivity index (χ1n) is 7.32. The van der Waals surface area contributed by atoms with Crippen LogP contribution in [0.3, 0.4) is 0 Å². The largest absolute Gasteiger partial charge is 0.354 e. The first-order chi connectivity index (χ1) is 10.2. The standard InChI is InChI=1S/C17H20N2OS/c1-13(20)18-11-16(17-7-4-10-21-17)19-9-8-14-5-2-3-6-15(14)12-19/h2-7,10,16H,8-9,11-12H2,1H3,(H,18,20). The third-order valence-corrected chi connectivity index (χ3v) is 4.99. The lowest BCUT2D eigenvalue weighted by Gasteiger charge is -2.35. The number of benzene rings is 1. The Hall–Kier alpha value is -1.65. The van der Waals surface area contributed by atoms with Crippen LogP contribution in [0.25, 0.3) is 0 Å². The summed E-state index contributed by atoms with van der Waals surface area (Å²) < 4.78 is 0. The Labute approximate surface area is 129 Å². The molecule has 0 spiro atoms. The zero-order chi connectivity index (χ0) is 14.7. The molecule has 3 nitrogen and oxygen atoms in total. The van der Waals surface area contributed by atoms with Crippen molar-refractivity contribution in [3.05, 3.63) is 57.8 Å². The summed E-state index contributed by atoms with van der Waals surface area (Å²) in [6.45, 7) is 4.26. The molecular weight excluding hydrogens is 280 g/mol. The minimum Gasteiger partial charge on any atom is -0.354 e. The summed E-state index contributed by atoms with van der Waals surface area (Å²) in [6.07, 6.45) is 1.08. The second-order valence-corrected chi connectivity index (χ2v) is 6.44. The molecule has 0 saturated heterocycles. The summed E-state index contributed by atoms with van der Waals surface area (Å²) in [5.41, 5.74) is 2.87. The van der Waals surface area contributed by atoms with Crippen molar-refractivity contribution in [2.45, 2.75) is 25.9 Å². The van der Waals surface area contributed by atoms with Crippen LogP contribution in [0, 0.1) is 0 Å². The minimum absolute atomic E-state index is 0.0361. The van der Waals surface area contributed by atoms with Gasteiger partial charge in [-0.1, -0.05) is 30.3 Å². The van der Waals surface area contributed by atoms with Gasteiger partial charge < -0.3 is 5.32 Å². The van der Waals surface area contributed by atoms with Crippen molar-refractivity contribution in [3.63, 3.8) is 0 Å². The molecule has 1 N–H and O–H groups in total. The zero-order valence-electron chi connectivity index (χ0n) is 12.2. The number of thiophene rings is 1. The van der Waals surface area contributed by atoms with E-state index in [9.17, 15) is 4.79 Å². The van der Waals surface area contributed by atoms with Crippen molar-refractivity contribution in [2.75, 3.05) is 13.1 Å². The fraction of sp³-hybridized carbons (Fsp3) is 0.353. The van der Waals surface area contributed by atoms with Gasteiger partial charge in [-0.3, -0.25) is 9.69 Å². The molecule has 2 heterocycles. The average Bonchev–Trinajstić information content (AvgIpc) is 3.01. The number of rotatable bonds is 4. The molecule has 1 atom stereocenters. The monoisotopic (exact) mass is 300 g/mol. The Balaban J connectivity index is 1.79. The molecule has 1 aromatic carbocycles. The smallest absolute Gasteiger partial charge is 0.216 e. The Morgan fingerprint density at radius 3 is 2.81 bits per heavy atom. The molecule has 110 valence electrons. The van der Waals surface area contributed by atoms with Gasteiger partial charge in [0.15, 0.2) is 0 Å². The number of amides is 1. The Morgan fingerprint density at radius 2 is 2.10 bits per heavy atom. The Kier molecular flexibility index (Phi) is 4.36. The zero-order valence-corrected chi connectivity index (χ0v) is 13.0. The Morgan fingerprint density at radius 1 is 1.29 bits per heavy atom.